The minimum atomic E-state index is 0.335. The van der Waals surface area contributed by atoms with E-state index in [2.05, 4.69) is 0 Å². The molecule has 0 heterocycles. The molecule has 0 aliphatic heterocycles. The van der Waals surface area contributed by atoms with Crippen molar-refractivity contribution in [1.29, 1.82) is 0 Å². The Bertz CT molecular complexity index is 94.7. The Morgan fingerprint density at radius 2 is 1.00 bits per heavy atom. The Morgan fingerprint density at radius 3 is 1.23 bits per heavy atom. The van der Waals surface area contributed by atoms with Gasteiger partial charge < -0.3 is 0 Å². The molecule has 0 aromatic carbocycles. The van der Waals surface area contributed by atoms with Gasteiger partial charge in [-0.3, -0.25) is 0 Å². The van der Waals surface area contributed by atoms with Gasteiger partial charge in [-0.25, -0.2) is 0 Å². The summed E-state index contributed by atoms with van der Waals surface area (Å²) in [4.78, 5) is 0. The molecule has 6 heteroatoms. The molecule has 13 heavy (non-hydrogen) atoms. The Morgan fingerprint density at radius 1 is 0.692 bits per heavy atom. The molecule has 0 aromatic heterocycles. The molecule has 0 nitrogen and oxygen atoms in total. The third-order valence-corrected chi connectivity index (χ3v) is 6.22. The van der Waals surface area contributed by atoms with Crippen molar-refractivity contribution < 1.29 is 0 Å². The maximum atomic E-state index is 5.68. The summed E-state index contributed by atoms with van der Waals surface area (Å²) in [7, 11) is 0. The lowest BCUT2D eigenvalue weighted by Gasteiger charge is -2.12. The molecule has 0 aliphatic carbocycles. The normalized spacial score (nSPS) is 11.5. The highest BCUT2D eigenvalue weighted by molar-refractivity contribution is 8.16. The minimum Gasteiger partial charge on any atom is -0.145 e. The van der Waals surface area contributed by atoms with Gasteiger partial charge >= 0.3 is 0 Å². The molecule has 0 bridgehead atoms. The van der Waals surface area contributed by atoms with Gasteiger partial charge in [-0.2, -0.15) is 0 Å². The molecular formula is C7H12Cl4S2. The fourth-order valence-electron chi connectivity index (χ4n) is 0.492. The Balaban J connectivity index is 3.41. The van der Waals surface area contributed by atoms with E-state index in [1.165, 1.54) is 0 Å². The average Bonchev–Trinajstić information content (AvgIpc) is 2.19. The van der Waals surface area contributed by atoms with Crippen LogP contribution < -0.4 is 0 Å². The van der Waals surface area contributed by atoms with Gasteiger partial charge in [0.15, 0.2) is 0 Å². The Labute approximate surface area is 108 Å². The van der Waals surface area contributed by atoms with Crippen molar-refractivity contribution in [2.24, 2.45) is 0 Å². The van der Waals surface area contributed by atoms with Crippen LogP contribution in [-0.2, 0) is 0 Å². The molecule has 0 N–H and O–H groups in total. The second-order valence-electron chi connectivity index (χ2n) is 2.31. The molecule has 0 aliphatic rings. The maximum absolute atomic E-state index is 5.68. The van der Waals surface area contributed by atoms with Crippen LogP contribution in [-0.4, -0.2) is 39.1 Å². The topological polar surface area (TPSA) is 0 Å². The lowest BCUT2D eigenvalue weighted by atomic mass is 10.6. The molecule has 0 radical (unpaired) electrons. The fraction of sp³-hybridized carbons (Fsp3) is 1.00. The summed E-state index contributed by atoms with van der Waals surface area (Å²) in [6.07, 6.45) is 0. The second-order valence-corrected chi connectivity index (χ2v) is 6.49. The van der Waals surface area contributed by atoms with Crippen LogP contribution in [0.2, 0.25) is 0 Å². The molecule has 0 fully saturated rings. The van der Waals surface area contributed by atoms with Crippen molar-refractivity contribution in [1.82, 2.24) is 0 Å². The van der Waals surface area contributed by atoms with Gasteiger partial charge in [0, 0.05) is 39.1 Å². The highest BCUT2D eigenvalue weighted by Gasteiger charge is 2.09. The van der Waals surface area contributed by atoms with E-state index in [4.69, 9.17) is 46.4 Å². The largest absolute Gasteiger partial charge is 0.145 e. The second kappa shape index (κ2) is 10.4. The highest BCUT2D eigenvalue weighted by atomic mass is 35.5. The predicted molar refractivity (Wildman–Crippen MR) is 70.5 cm³/mol. The summed E-state index contributed by atoms with van der Waals surface area (Å²) >= 11 is 26.3. The van der Waals surface area contributed by atoms with Gasteiger partial charge in [-0.1, -0.05) is 0 Å². The molecule has 0 aromatic rings. The summed E-state index contributed by atoms with van der Waals surface area (Å²) < 4.78 is 0. The quantitative estimate of drug-likeness (QED) is 0.489. The highest BCUT2D eigenvalue weighted by Crippen LogP contribution is 2.24. The smallest absolute Gasteiger partial charge is 0.0399 e. The molecule has 0 amide bonds. The Hall–Kier alpha value is 1.86. The summed E-state index contributed by atoms with van der Waals surface area (Å²) in [6, 6.07) is 0. The van der Waals surface area contributed by atoms with Crippen LogP contribution in [0, 0.1) is 0 Å². The summed E-state index contributed by atoms with van der Waals surface area (Å²) in [6.45, 7) is 0. The molecule has 80 valence electrons. The van der Waals surface area contributed by atoms with E-state index < -0.39 is 0 Å². The van der Waals surface area contributed by atoms with Gasteiger partial charge in [0.25, 0.3) is 0 Å². The van der Waals surface area contributed by atoms with E-state index >= 15 is 0 Å². The molecule has 0 rings (SSSR count). The first kappa shape index (κ1) is 14.9. The van der Waals surface area contributed by atoms with E-state index in [1.807, 2.05) is 0 Å². The van der Waals surface area contributed by atoms with E-state index in [1.54, 1.807) is 23.5 Å². The maximum Gasteiger partial charge on any atom is 0.0399 e. The standard InChI is InChI=1S/C7H12Cl4S2/c8-1-6(2-9)12-5-13-7(3-10)4-11/h6-7H,1-5H2. The lowest BCUT2D eigenvalue weighted by molar-refractivity contribution is 1.13. The van der Waals surface area contributed by atoms with Crippen molar-refractivity contribution in [2.75, 3.05) is 28.6 Å². The van der Waals surface area contributed by atoms with Crippen molar-refractivity contribution in [2.45, 2.75) is 10.5 Å². The van der Waals surface area contributed by atoms with E-state index in [0.717, 1.165) is 5.08 Å². The van der Waals surface area contributed by atoms with Crippen molar-refractivity contribution in [3.05, 3.63) is 0 Å². The van der Waals surface area contributed by atoms with E-state index in [9.17, 15) is 0 Å². The number of hydrogen-bond acceptors (Lipinski definition) is 2. The Kier molecular flexibility index (Phi) is 11.9. The molecule has 0 spiro atoms. The first-order chi connectivity index (χ1) is 6.28. The van der Waals surface area contributed by atoms with Gasteiger partial charge in [-0.15, -0.1) is 69.9 Å². The SMILES string of the molecule is ClCC(CCl)SCSC(CCl)CCl. The minimum absolute atomic E-state index is 0.335. The molecule has 0 saturated heterocycles. The van der Waals surface area contributed by atoms with Gasteiger partial charge in [0.05, 0.1) is 0 Å². The van der Waals surface area contributed by atoms with Crippen molar-refractivity contribution >= 4 is 69.9 Å². The van der Waals surface area contributed by atoms with Gasteiger partial charge in [0.1, 0.15) is 0 Å². The van der Waals surface area contributed by atoms with Crippen LogP contribution in [0.5, 0.6) is 0 Å². The molecular weight excluding hydrogens is 290 g/mol. The lowest BCUT2D eigenvalue weighted by Crippen LogP contribution is -2.10. The average molecular weight is 302 g/mol. The molecule has 0 saturated carbocycles. The predicted octanol–water partition coefficient (Wildman–Crippen LogP) is 4.10. The van der Waals surface area contributed by atoms with Crippen LogP contribution in [0.3, 0.4) is 0 Å². The number of hydrogen-bond donors (Lipinski definition) is 0. The van der Waals surface area contributed by atoms with Crippen molar-refractivity contribution in [3.63, 3.8) is 0 Å². The van der Waals surface area contributed by atoms with E-state index in [0.29, 0.717) is 34.0 Å². The van der Waals surface area contributed by atoms with Crippen LogP contribution in [0.1, 0.15) is 0 Å². The fourth-order valence-corrected chi connectivity index (χ4v) is 4.43. The number of halogens is 4. The zero-order valence-corrected chi connectivity index (χ0v) is 11.7. The van der Waals surface area contributed by atoms with E-state index in [-0.39, 0.29) is 0 Å². The molecule has 0 atom stereocenters. The van der Waals surface area contributed by atoms with Crippen LogP contribution in [0.25, 0.3) is 0 Å². The number of thioether (sulfide) groups is 2. The van der Waals surface area contributed by atoms with Crippen LogP contribution >= 0.6 is 69.9 Å². The summed E-state index contributed by atoms with van der Waals surface area (Å²) in [5, 5.41) is 1.62. The third-order valence-electron chi connectivity index (χ3n) is 1.30. The first-order valence-corrected chi connectivity index (χ1v) is 7.99. The van der Waals surface area contributed by atoms with Crippen molar-refractivity contribution in [3.8, 4) is 0 Å². The van der Waals surface area contributed by atoms with Crippen LogP contribution in [0.4, 0.5) is 0 Å². The van der Waals surface area contributed by atoms with Gasteiger partial charge in [0.2, 0.25) is 0 Å². The number of alkyl halides is 4. The monoisotopic (exact) mass is 300 g/mol. The third kappa shape index (κ3) is 7.75. The van der Waals surface area contributed by atoms with Crippen LogP contribution in [0.15, 0.2) is 0 Å². The first-order valence-electron chi connectivity index (χ1n) is 3.75. The summed E-state index contributed by atoms with van der Waals surface area (Å²) in [5.41, 5.74) is 0. The van der Waals surface area contributed by atoms with Gasteiger partial charge in [-0.05, 0) is 0 Å². The zero-order valence-electron chi connectivity index (χ0n) is 7.02. The number of rotatable bonds is 8. The zero-order chi connectivity index (χ0) is 10.1. The molecule has 0 unspecified atom stereocenters. The summed E-state index contributed by atoms with van der Waals surface area (Å²) in [5.74, 6) is 2.39.